The van der Waals surface area contributed by atoms with Crippen molar-refractivity contribution < 1.29 is 4.74 Å². The topological polar surface area (TPSA) is 21.3 Å². The molecule has 0 radical (unpaired) electrons. The summed E-state index contributed by atoms with van der Waals surface area (Å²) in [4.78, 5) is 0. The Bertz CT molecular complexity index is 360. The number of hydrogen-bond acceptors (Lipinski definition) is 2. The molecular weight excluding hydrogens is 234 g/mol. The normalized spacial score (nSPS) is 24.1. The van der Waals surface area contributed by atoms with Crippen molar-refractivity contribution in [3.05, 3.63) is 35.4 Å². The molecule has 1 aliphatic rings. The van der Waals surface area contributed by atoms with Gasteiger partial charge in [0, 0.05) is 19.7 Å². The molecule has 0 aromatic heterocycles. The van der Waals surface area contributed by atoms with Crippen LogP contribution in [0.3, 0.4) is 0 Å². The monoisotopic (exact) mass is 261 g/mol. The lowest BCUT2D eigenvalue weighted by Crippen LogP contribution is -2.27. The number of ether oxygens (including phenoxy) is 1. The van der Waals surface area contributed by atoms with Gasteiger partial charge >= 0.3 is 0 Å². The van der Waals surface area contributed by atoms with Gasteiger partial charge in [-0.2, -0.15) is 0 Å². The zero-order valence-electron chi connectivity index (χ0n) is 12.3. The molecule has 0 bridgehead atoms. The maximum absolute atomic E-state index is 5.13. The third-order valence-electron chi connectivity index (χ3n) is 4.19. The highest BCUT2D eigenvalue weighted by atomic mass is 16.5. The van der Waals surface area contributed by atoms with Crippen molar-refractivity contribution in [3.63, 3.8) is 0 Å². The molecule has 2 nitrogen and oxygen atoms in total. The second-order valence-electron chi connectivity index (χ2n) is 5.94. The Morgan fingerprint density at radius 1 is 1.05 bits per heavy atom. The lowest BCUT2D eigenvalue weighted by Gasteiger charge is -2.16. The average Bonchev–Trinajstić information content (AvgIpc) is 2.63. The molecule has 0 saturated heterocycles. The van der Waals surface area contributed by atoms with Crippen molar-refractivity contribution in [2.24, 2.45) is 5.92 Å². The Balaban J connectivity index is 1.78. The van der Waals surface area contributed by atoms with Crippen LogP contribution in [0.2, 0.25) is 0 Å². The molecule has 1 N–H and O–H groups in total. The number of nitrogens with one attached hydrogen (secondary N) is 1. The van der Waals surface area contributed by atoms with Crippen LogP contribution in [0.4, 0.5) is 0 Å². The van der Waals surface area contributed by atoms with Gasteiger partial charge in [0.25, 0.3) is 0 Å². The summed E-state index contributed by atoms with van der Waals surface area (Å²) in [6.07, 6.45) is 6.84. The smallest absolute Gasteiger partial charge is 0.0713 e. The highest BCUT2D eigenvalue weighted by Crippen LogP contribution is 2.22. The molecule has 1 saturated carbocycles. The van der Waals surface area contributed by atoms with Crippen LogP contribution in [0, 0.1) is 5.92 Å². The molecule has 106 valence electrons. The Kier molecular flexibility index (Phi) is 5.87. The molecule has 1 aromatic carbocycles. The number of rotatable bonds is 5. The summed E-state index contributed by atoms with van der Waals surface area (Å²) < 4.78 is 5.13. The molecule has 2 heteroatoms. The molecule has 1 aromatic rings. The Morgan fingerprint density at radius 2 is 1.79 bits per heavy atom. The number of hydrogen-bond donors (Lipinski definition) is 1. The number of benzene rings is 1. The Labute approximate surface area is 117 Å². The second kappa shape index (κ2) is 7.66. The number of methoxy groups -OCH3 is 1. The van der Waals surface area contributed by atoms with Crippen molar-refractivity contribution in [3.8, 4) is 0 Å². The van der Waals surface area contributed by atoms with Crippen LogP contribution in [-0.4, -0.2) is 13.2 Å². The molecule has 19 heavy (non-hydrogen) atoms. The van der Waals surface area contributed by atoms with E-state index in [1.165, 1.54) is 43.2 Å². The molecule has 1 fully saturated rings. The standard InChI is InChI=1S/C17H27NO/c1-14-4-3-5-17(11-6-14)18-12-15-7-9-16(10-8-15)13-19-2/h7-10,14,17-18H,3-6,11-13H2,1-2H3. The molecule has 2 unspecified atom stereocenters. The average molecular weight is 261 g/mol. The van der Waals surface area contributed by atoms with E-state index < -0.39 is 0 Å². The van der Waals surface area contributed by atoms with Crippen molar-refractivity contribution in [2.45, 2.75) is 58.2 Å². The van der Waals surface area contributed by atoms with Crippen molar-refractivity contribution >= 4 is 0 Å². The molecule has 0 spiro atoms. The summed E-state index contributed by atoms with van der Waals surface area (Å²) in [5, 5.41) is 3.72. The molecule has 1 aliphatic carbocycles. The predicted molar refractivity (Wildman–Crippen MR) is 80.0 cm³/mol. The van der Waals surface area contributed by atoms with E-state index in [1.54, 1.807) is 7.11 Å². The van der Waals surface area contributed by atoms with Gasteiger partial charge in [-0.1, -0.05) is 44.0 Å². The van der Waals surface area contributed by atoms with E-state index in [-0.39, 0.29) is 0 Å². The summed E-state index contributed by atoms with van der Waals surface area (Å²) >= 11 is 0. The zero-order chi connectivity index (χ0) is 13.5. The van der Waals surface area contributed by atoms with Gasteiger partial charge in [0.2, 0.25) is 0 Å². The molecular formula is C17H27NO. The van der Waals surface area contributed by atoms with E-state index in [9.17, 15) is 0 Å². The van der Waals surface area contributed by atoms with Gasteiger partial charge in [0.15, 0.2) is 0 Å². The van der Waals surface area contributed by atoms with Crippen LogP contribution < -0.4 is 5.32 Å². The summed E-state index contributed by atoms with van der Waals surface area (Å²) in [6.45, 7) is 4.08. The summed E-state index contributed by atoms with van der Waals surface area (Å²) in [7, 11) is 1.74. The minimum absolute atomic E-state index is 0.703. The van der Waals surface area contributed by atoms with Crippen LogP contribution in [0.15, 0.2) is 24.3 Å². The maximum atomic E-state index is 5.13. The Morgan fingerprint density at radius 3 is 2.53 bits per heavy atom. The molecule has 2 atom stereocenters. The fourth-order valence-electron chi connectivity index (χ4n) is 2.87. The van der Waals surface area contributed by atoms with Crippen LogP contribution in [0.25, 0.3) is 0 Å². The van der Waals surface area contributed by atoms with E-state index in [2.05, 4.69) is 36.5 Å². The predicted octanol–water partition coefficient (Wildman–Crippen LogP) is 3.89. The van der Waals surface area contributed by atoms with E-state index >= 15 is 0 Å². The van der Waals surface area contributed by atoms with Crippen LogP contribution in [-0.2, 0) is 17.9 Å². The highest BCUT2D eigenvalue weighted by molar-refractivity contribution is 5.21. The van der Waals surface area contributed by atoms with Crippen LogP contribution in [0.1, 0.15) is 50.2 Å². The molecule has 0 aliphatic heterocycles. The van der Waals surface area contributed by atoms with Gasteiger partial charge in [0.1, 0.15) is 0 Å². The van der Waals surface area contributed by atoms with Crippen LogP contribution in [0.5, 0.6) is 0 Å². The zero-order valence-corrected chi connectivity index (χ0v) is 12.3. The fraction of sp³-hybridized carbons (Fsp3) is 0.647. The first-order valence-corrected chi connectivity index (χ1v) is 7.58. The van der Waals surface area contributed by atoms with Gasteiger partial charge in [-0.25, -0.2) is 0 Å². The summed E-state index contributed by atoms with van der Waals surface area (Å²) in [5.74, 6) is 0.917. The minimum Gasteiger partial charge on any atom is -0.380 e. The first-order valence-electron chi connectivity index (χ1n) is 7.58. The van der Waals surface area contributed by atoms with E-state index in [1.807, 2.05) is 0 Å². The lowest BCUT2D eigenvalue weighted by atomic mass is 10.0. The highest BCUT2D eigenvalue weighted by Gasteiger charge is 2.15. The van der Waals surface area contributed by atoms with Gasteiger partial charge < -0.3 is 10.1 Å². The fourth-order valence-corrected chi connectivity index (χ4v) is 2.87. The lowest BCUT2D eigenvalue weighted by molar-refractivity contribution is 0.185. The third-order valence-corrected chi connectivity index (χ3v) is 4.19. The molecule has 2 rings (SSSR count). The SMILES string of the molecule is COCc1ccc(CNC2CCCC(C)CC2)cc1. The van der Waals surface area contributed by atoms with E-state index in [4.69, 9.17) is 4.74 Å². The molecule has 0 amide bonds. The van der Waals surface area contributed by atoms with Gasteiger partial charge in [-0.3, -0.25) is 0 Å². The summed E-state index contributed by atoms with van der Waals surface area (Å²) in [6, 6.07) is 9.45. The van der Waals surface area contributed by atoms with Crippen molar-refractivity contribution in [1.29, 1.82) is 0 Å². The minimum atomic E-state index is 0.703. The third kappa shape index (κ3) is 4.96. The maximum Gasteiger partial charge on any atom is 0.0713 e. The first kappa shape index (κ1) is 14.5. The van der Waals surface area contributed by atoms with E-state index in [0.29, 0.717) is 12.6 Å². The van der Waals surface area contributed by atoms with Gasteiger partial charge in [0.05, 0.1) is 6.61 Å². The first-order chi connectivity index (χ1) is 9.28. The van der Waals surface area contributed by atoms with Gasteiger partial charge in [-0.15, -0.1) is 0 Å². The Hall–Kier alpha value is -0.860. The van der Waals surface area contributed by atoms with Crippen molar-refractivity contribution in [2.75, 3.05) is 7.11 Å². The summed E-state index contributed by atoms with van der Waals surface area (Å²) in [5.41, 5.74) is 2.62. The van der Waals surface area contributed by atoms with Crippen molar-refractivity contribution in [1.82, 2.24) is 5.32 Å². The second-order valence-corrected chi connectivity index (χ2v) is 5.94. The van der Waals surface area contributed by atoms with Crippen LogP contribution >= 0.6 is 0 Å². The largest absolute Gasteiger partial charge is 0.380 e. The van der Waals surface area contributed by atoms with E-state index in [0.717, 1.165) is 12.5 Å². The molecule has 0 heterocycles. The quantitative estimate of drug-likeness (QED) is 0.812. The van der Waals surface area contributed by atoms with Gasteiger partial charge in [-0.05, 0) is 36.3 Å².